The maximum atomic E-state index is 5.96. The molecule has 1 heterocycles. The molecule has 2 fully saturated rings. The summed E-state index contributed by atoms with van der Waals surface area (Å²) in [5.41, 5.74) is 0. The lowest BCUT2D eigenvalue weighted by Gasteiger charge is -2.40. The van der Waals surface area contributed by atoms with Crippen molar-refractivity contribution in [3.8, 4) is 0 Å². The van der Waals surface area contributed by atoms with Crippen molar-refractivity contribution in [2.45, 2.75) is 45.3 Å². The Morgan fingerprint density at radius 2 is 2.06 bits per heavy atom. The van der Waals surface area contributed by atoms with E-state index in [-0.39, 0.29) is 0 Å². The highest BCUT2D eigenvalue weighted by Crippen LogP contribution is 2.36. The third kappa shape index (κ3) is 3.39. The van der Waals surface area contributed by atoms with E-state index in [1.165, 1.54) is 30.8 Å². The van der Waals surface area contributed by atoms with Gasteiger partial charge in [0, 0.05) is 17.5 Å². The molecule has 0 bridgehead atoms. The summed E-state index contributed by atoms with van der Waals surface area (Å²) >= 11 is 2.05. The molecule has 1 saturated heterocycles. The number of rotatable bonds is 3. The van der Waals surface area contributed by atoms with Crippen molar-refractivity contribution < 1.29 is 4.74 Å². The summed E-state index contributed by atoms with van der Waals surface area (Å²) in [6, 6.07) is 0.567. The molecule has 5 atom stereocenters. The van der Waals surface area contributed by atoms with Crippen LogP contribution in [0.1, 0.15) is 33.1 Å². The Morgan fingerprint density at radius 3 is 2.65 bits per heavy atom. The molecule has 0 aromatic rings. The highest BCUT2D eigenvalue weighted by atomic mass is 32.2. The fourth-order valence-electron chi connectivity index (χ4n) is 3.35. The van der Waals surface area contributed by atoms with Gasteiger partial charge in [-0.1, -0.05) is 20.3 Å². The molecule has 0 aromatic heterocycles. The number of hydrogen-bond acceptors (Lipinski definition) is 3. The lowest BCUT2D eigenvalue weighted by Crippen LogP contribution is -2.49. The van der Waals surface area contributed by atoms with Crippen LogP contribution in [0.15, 0.2) is 0 Å². The maximum absolute atomic E-state index is 5.96. The molecule has 1 aliphatic heterocycles. The molecule has 0 aromatic carbocycles. The van der Waals surface area contributed by atoms with E-state index in [1.54, 1.807) is 0 Å². The average molecular weight is 257 g/mol. The maximum Gasteiger partial charge on any atom is 0.0821 e. The number of hydrogen-bond donors (Lipinski definition) is 1. The number of nitrogens with one attached hydrogen (secondary N) is 1. The molecule has 1 aliphatic carbocycles. The van der Waals surface area contributed by atoms with Crippen LogP contribution < -0.4 is 5.32 Å². The Balaban J connectivity index is 1.93. The third-order valence-electron chi connectivity index (χ3n) is 4.72. The summed E-state index contributed by atoms with van der Waals surface area (Å²) in [6.45, 7) is 5.76. The molecular weight excluding hydrogens is 230 g/mol. The van der Waals surface area contributed by atoms with E-state index < -0.39 is 0 Å². The normalized spacial score (nSPS) is 41.1. The number of thioether (sulfide) groups is 1. The van der Waals surface area contributed by atoms with Crippen LogP contribution >= 0.6 is 11.8 Å². The second kappa shape index (κ2) is 6.44. The zero-order valence-electron chi connectivity index (χ0n) is 11.4. The average Bonchev–Trinajstić information content (AvgIpc) is 2.36. The van der Waals surface area contributed by atoms with Crippen LogP contribution in [0.2, 0.25) is 0 Å². The van der Waals surface area contributed by atoms with Crippen LogP contribution in [0.3, 0.4) is 0 Å². The number of ether oxygens (including phenoxy) is 1. The van der Waals surface area contributed by atoms with Gasteiger partial charge in [0.05, 0.1) is 12.7 Å². The lowest BCUT2D eigenvalue weighted by molar-refractivity contribution is 0.0177. The zero-order valence-corrected chi connectivity index (χ0v) is 12.3. The molecule has 0 spiro atoms. The number of likely N-dealkylation sites (N-methyl/N-ethyl adjacent to an activating group) is 1. The van der Waals surface area contributed by atoms with Gasteiger partial charge in [-0.2, -0.15) is 11.8 Å². The van der Waals surface area contributed by atoms with Gasteiger partial charge in [0.1, 0.15) is 0 Å². The summed E-state index contributed by atoms with van der Waals surface area (Å²) in [7, 11) is 2.11. The second-order valence-corrected chi connectivity index (χ2v) is 6.98. The summed E-state index contributed by atoms with van der Waals surface area (Å²) in [5, 5.41) is 3.54. The molecule has 2 aliphatic rings. The Morgan fingerprint density at radius 1 is 1.24 bits per heavy atom. The monoisotopic (exact) mass is 257 g/mol. The predicted octanol–water partition coefficient (Wildman–Crippen LogP) is 2.78. The van der Waals surface area contributed by atoms with Crippen molar-refractivity contribution in [3.63, 3.8) is 0 Å². The quantitative estimate of drug-likeness (QED) is 0.840. The fourth-order valence-corrected chi connectivity index (χ4v) is 4.27. The molecule has 17 heavy (non-hydrogen) atoms. The van der Waals surface area contributed by atoms with Crippen LogP contribution in [0, 0.1) is 17.8 Å². The van der Waals surface area contributed by atoms with Gasteiger partial charge in [-0.25, -0.2) is 0 Å². The van der Waals surface area contributed by atoms with Crippen molar-refractivity contribution in [2.75, 3.05) is 25.2 Å². The summed E-state index contributed by atoms with van der Waals surface area (Å²) in [6.07, 6.45) is 4.58. The molecule has 100 valence electrons. The van der Waals surface area contributed by atoms with Gasteiger partial charge in [-0.15, -0.1) is 0 Å². The summed E-state index contributed by atoms with van der Waals surface area (Å²) in [5.74, 6) is 4.94. The van der Waals surface area contributed by atoms with E-state index >= 15 is 0 Å². The first-order valence-corrected chi connectivity index (χ1v) is 8.24. The Kier molecular flexibility index (Phi) is 5.19. The fraction of sp³-hybridized carbons (Fsp3) is 1.00. The van der Waals surface area contributed by atoms with Crippen LogP contribution in [-0.4, -0.2) is 37.3 Å². The molecule has 2 rings (SSSR count). The van der Waals surface area contributed by atoms with Gasteiger partial charge in [0.2, 0.25) is 0 Å². The van der Waals surface area contributed by atoms with Crippen LogP contribution in [0.4, 0.5) is 0 Å². The van der Waals surface area contributed by atoms with Gasteiger partial charge in [-0.05, 0) is 37.6 Å². The van der Waals surface area contributed by atoms with E-state index in [1.807, 2.05) is 11.8 Å². The smallest absolute Gasteiger partial charge is 0.0821 e. The Hall–Kier alpha value is 0.270. The molecule has 1 saturated carbocycles. The van der Waals surface area contributed by atoms with Gasteiger partial charge < -0.3 is 10.1 Å². The highest BCUT2D eigenvalue weighted by molar-refractivity contribution is 7.99. The van der Waals surface area contributed by atoms with E-state index in [0.29, 0.717) is 12.1 Å². The SMILES string of the molecule is CNC(C1CCC(C)C(C)C1)C1CSCCO1. The first-order chi connectivity index (χ1) is 8.22. The van der Waals surface area contributed by atoms with Crippen LogP contribution in [-0.2, 0) is 4.74 Å². The van der Waals surface area contributed by atoms with Crippen molar-refractivity contribution in [2.24, 2.45) is 17.8 Å². The molecule has 3 heteroatoms. The van der Waals surface area contributed by atoms with E-state index in [4.69, 9.17) is 4.74 Å². The minimum Gasteiger partial charge on any atom is -0.375 e. The van der Waals surface area contributed by atoms with E-state index in [9.17, 15) is 0 Å². The third-order valence-corrected chi connectivity index (χ3v) is 5.74. The molecule has 0 amide bonds. The predicted molar refractivity (Wildman–Crippen MR) is 75.6 cm³/mol. The minimum atomic E-state index is 0.435. The minimum absolute atomic E-state index is 0.435. The molecule has 1 N–H and O–H groups in total. The first-order valence-electron chi connectivity index (χ1n) is 7.09. The summed E-state index contributed by atoms with van der Waals surface area (Å²) < 4.78 is 5.96. The van der Waals surface area contributed by atoms with Crippen molar-refractivity contribution in [1.29, 1.82) is 0 Å². The Labute approximate surface area is 110 Å². The largest absolute Gasteiger partial charge is 0.375 e. The van der Waals surface area contributed by atoms with Crippen LogP contribution in [0.5, 0.6) is 0 Å². The summed E-state index contributed by atoms with van der Waals surface area (Å²) in [4.78, 5) is 0. The molecular formula is C14H27NOS. The Bertz CT molecular complexity index is 230. The zero-order chi connectivity index (χ0) is 12.3. The molecule has 2 nitrogen and oxygen atoms in total. The van der Waals surface area contributed by atoms with Crippen molar-refractivity contribution in [1.82, 2.24) is 5.32 Å². The van der Waals surface area contributed by atoms with Crippen molar-refractivity contribution in [3.05, 3.63) is 0 Å². The van der Waals surface area contributed by atoms with Crippen molar-refractivity contribution >= 4 is 11.8 Å². The van der Waals surface area contributed by atoms with Gasteiger partial charge in [0.15, 0.2) is 0 Å². The van der Waals surface area contributed by atoms with E-state index in [2.05, 4.69) is 26.2 Å². The van der Waals surface area contributed by atoms with Gasteiger partial charge in [0.25, 0.3) is 0 Å². The lowest BCUT2D eigenvalue weighted by atomic mass is 9.72. The van der Waals surface area contributed by atoms with Gasteiger partial charge >= 0.3 is 0 Å². The topological polar surface area (TPSA) is 21.3 Å². The van der Waals surface area contributed by atoms with Crippen LogP contribution in [0.25, 0.3) is 0 Å². The standard InChI is InChI=1S/C14H27NOS/c1-10-4-5-12(8-11(10)2)14(15-3)13-9-17-7-6-16-13/h10-15H,4-9H2,1-3H3. The van der Waals surface area contributed by atoms with Gasteiger partial charge in [-0.3, -0.25) is 0 Å². The highest BCUT2D eigenvalue weighted by Gasteiger charge is 2.34. The first kappa shape index (κ1) is 13.7. The second-order valence-electron chi connectivity index (χ2n) is 5.83. The molecule has 0 radical (unpaired) electrons. The molecule has 5 unspecified atom stereocenters. The van der Waals surface area contributed by atoms with E-state index in [0.717, 1.165) is 24.4 Å².